The Labute approximate surface area is 128 Å². The second-order valence-electron chi connectivity index (χ2n) is 5.93. The molecule has 1 saturated carbocycles. The molecule has 0 saturated heterocycles. The lowest BCUT2D eigenvalue weighted by molar-refractivity contribution is 0.260. The molecule has 0 spiro atoms. The summed E-state index contributed by atoms with van der Waals surface area (Å²) in [6.07, 6.45) is 4.54. The second-order valence-corrected chi connectivity index (χ2v) is 7.64. The Hall–Kier alpha value is -0.910. The van der Waals surface area contributed by atoms with Crippen molar-refractivity contribution in [1.29, 1.82) is 0 Å². The van der Waals surface area contributed by atoms with Crippen LogP contribution >= 0.6 is 0 Å². The van der Waals surface area contributed by atoms with E-state index in [0.29, 0.717) is 17.4 Å². The molecule has 21 heavy (non-hydrogen) atoms. The molecule has 2 N–H and O–H groups in total. The summed E-state index contributed by atoms with van der Waals surface area (Å²) in [4.78, 5) is 0.365. The average molecular weight is 310 g/mol. The van der Waals surface area contributed by atoms with Crippen LogP contribution in [0.4, 0.5) is 0 Å². The van der Waals surface area contributed by atoms with E-state index in [1.54, 1.807) is 12.1 Å². The van der Waals surface area contributed by atoms with Crippen LogP contribution in [-0.2, 0) is 16.6 Å². The molecule has 118 valence electrons. The van der Waals surface area contributed by atoms with Crippen LogP contribution in [0, 0.1) is 5.92 Å². The summed E-state index contributed by atoms with van der Waals surface area (Å²) in [5, 5.41) is 3.29. The van der Waals surface area contributed by atoms with Gasteiger partial charge in [0.1, 0.15) is 0 Å². The molecule has 1 aliphatic carbocycles. The van der Waals surface area contributed by atoms with Crippen molar-refractivity contribution in [3.63, 3.8) is 0 Å². The molecule has 0 radical (unpaired) electrons. The third kappa shape index (κ3) is 4.53. The first kappa shape index (κ1) is 16.5. The van der Waals surface area contributed by atoms with Gasteiger partial charge >= 0.3 is 0 Å². The van der Waals surface area contributed by atoms with Gasteiger partial charge in [-0.3, -0.25) is 0 Å². The maximum absolute atomic E-state index is 12.4. The van der Waals surface area contributed by atoms with E-state index in [-0.39, 0.29) is 6.04 Å². The summed E-state index contributed by atoms with van der Waals surface area (Å²) >= 11 is 0. The predicted molar refractivity (Wildman–Crippen MR) is 85.6 cm³/mol. The van der Waals surface area contributed by atoms with Crippen LogP contribution in [0.15, 0.2) is 29.2 Å². The number of nitrogens with one attached hydrogen (secondary N) is 2. The molecular formula is C16H26N2O2S. The van der Waals surface area contributed by atoms with E-state index in [1.807, 2.05) is 19.1 Å². The first-order valence-corrected chi connectivity index (χ1v) is 9.33. The maximum atomic E-state index is 12.4. The van der Waals surface area contributed by atoms with Crippen LogP contribution in [-0.4, -0.2) is 21.0 Å². The van der Waals surface area contributed by atoms with Gasteiger partial charge in [0, 0.05) is 12.6 Å². The molecule has 4 nitrogen and oxygen atoms in total. The minimum Gasteiger partial charge on any atom is -0.313 e. The van der Waals surface area contributed by atoms with Crippen molar-refractivity contribution in [3.8, 4) is 0 Å². The van der Waals surface area contributed by atoms with Crippen molar-refractivity contribution in [3.05, 3.63) is 29.8 Å². The number of rotatable bonds is 8. The van der Waals surface area contributed by atoms with Gasteiger partial charge in [-0.2, -0.15) is 0 Å². The van der Waals surface area contributed by atoms with E-state index in [4.69, 9.17) is 0 Å². The van der Waals surface area contributed by atoms with Crippen molar-refractivity contribution < 1.29 is 8.42 Å². The molecule has 0 amide bonds. The van der Waals surface area contributed by atoms with E-state index in [1.165, 1.54) is 6.42 Å². The Bertz CT molecular complexity index is 553. The van der Waals surface area contributed by atoms with Crippen molar-refractivity contribution in [2.24, 2.45) is 5.92 Å². The summed E-state index contributed by atoms with van der Waals surface area (Å²) in [7, 11) is -3.41. The van der Waals surface area contributed by atoms with Crippen LogP contribution in [0.2, 0.25) is 0 Å². The van der Waals surface area contributed by atoms with Crippen molar-refractivity contribution >= 4 is 10.0 Å². The molecular weight excluding hydrogens is 284 g/mol. The first-order chi connectivity index (χ1) is 10.0. The molecule has 0 aromatic heterocycles. The van der Waals surface area contributed by atoms with Crippen LogP contribution < -0.4 is 10.0 Å². The van der Waals surface area contributed by atoms with Gasteiger partial charge in [-0.1, -0.05) is 25.5 Å². The lowest BCUT2D eigenvalue weighted by atomic mass is 9.81. The van der Waals surface area contributed by atoms with Gasteiger partial charge in [0.05, 0.1) is 4.90 Å². The van der Waals surface area contributed by atoms with Gasteiger partial charge in [0.15, 0.2) is 0 Å². The Morgan fingerprint density at radius 2 is 2.10 bits per heavy atom. The van der Waals surface area contributed by atoms with Crippen molar-refractivity contribution in [2.75, 3.05) is 6.54 Å². The fourth-order valence-corrected chi connectivity index (χ4v) is 3.96. The average Bonchev–Trinajstić information content (AvgIpc) is 2.36. The summed E-state index contributed by atoms with van der Waals surface area (Å²) in [6.45, 7) is 5.72. The standard InChI is InChI=1S/C16H26N2O2S/c1-3-10-17-12-14-6-4-9-16(11-14)21(19,20)18-13(2)15-7-5-8-15/h4,6,9,11,13,15,17-18H,3,5,7-8,10,12H2,1-2H3. The smallest absolute Gasteiger partial charge is 0.240 e. The number of benzene rings is 1. The lowest BCUT2D eigenvalue weighted by Crippen LogP contribution is -2.40. The monoisotopic (exact) mass is 310 g/mol. The Morgan fingerprint density at radius 1 is 1.33 bits per heavy atom. The van der Waals surface area contributed by atoms with E-state index in [2.05, 4.69) is 17.0 Å². The molecule has 2 rings (SSSR count). The van der Waals surface area contributed by atoms with E-state index in [9.17, 15) is 8.42 Å². The third-order valence-electron chi connectivity index (χ3n) is 4.16. The first-order valence-electron chi connectivity index (χ1n) is 7.85. The largest absolute Gasteiger partial charge is 0.313 e. The fourth-order valence-electron chi connectivity index (χ4n) is 2.58. The number of hydrogen-bond acceptors (Lipinski definition) is 3. The van der Waals surface area contributed by atoms with Gasteiger partial charge in [0.2, 0.25) is 10.0 Å². The van der Waals surface area contributed by atoms with Crippen LogP contribution in [0.1, 0.15) is 45.1 Å². The van der Waals surface area contributed by atoms with E-state index >= 15 is 0 Å². The maximum Gasteiger partial charge on any atom is 0.240 e. The third-order valence-corrected chi connectivity index (χ3v) is 5.72. The normalized spacial score (nSPS) is 17.4. The molecule has 1 aromatic carbocycles. The molecule has 1 atom stereocenters. The zero-order valence-corrected chi connectivity index (χ0v) is 13.7. The molecule has 1 unspecified atom stereocenters. The summed E-state index contributed by atoms with van der Waals surface area (Å²) in [5.74, 6) is 0.495. The van der Waals surface area contributed by atoms with Crippen LogP contribution in [0.3, 0.4) is 0 Å². The molecule has 1 aromatic rings. The predicted octanol–water partition coefficient (Wildman–Crippen LogP) is 2.65. The van der Waals surface area contributed by atoms with Gasteiger partial charge in [0.25, 0.3) is 0 Å². The fraction of sp³-hybridized carbons (Fsp3) is 0.625. The van der Waals surface area contributed by atoms with Gasteiger partial charge < -0.3 is 5.32 Å². The summed E-state index contributed by atoms with van der Waals surface area (Å²) in [6, 6.07) is 7.21. The van der Waals surface area contributed by atoms with Gasteiger partial charge in [-0.15, -0.1) is 0 Å². The minimum absolute atomic E-state index is 0.0191. The quantitative estimate of drug-likeness (QED) is 0.726. The highest BCUT2D eigenvalue weighted by Crippen LogP contribution is 2.30. The SMILES string of the molecule is CCCNCc1cccc(S(=O)(=O)NC(C)C2CCC2)c1. The van der Waals surface area contributed by atoms with Gasteiger partial charge in [-0.05, 0) is 56.3 Å². The van der Waals surface area contributed by atoms with Crippen LogP contribution in [0.5, 0.6) is 0 Å². The Morgan fingerprint density at radius 3 is 2.71 bits per heavy atom. The molecule has 0 heterocycles. The zero-order chi connectivity index (χ0) is 15.3. The zero-order valence-electron chi connectivity index (χ0n) is 12.9. The van der Waals surface area contributed by atoms with Crippen LogP contribution in [0.25, 0.3) is 0 Å². The molecule has 1 aliphatic rings. The number of hydrogen-bond donors (Lipinski definition) is 2. The summed E-state index contributed by atoms with van der Waals surface area (Å²) < 4.78 is 27.7. The molecule has 1 fully saturated rings. The Balaban J connectivity index is 2.02. The van der Waals surface area contributed by atoms with E-state index < -0.39 is 10.0 Å². The van der Waals surface area contributed by atoms with Crippen molar-refractivity contribution in [2.45, 2.75) is 57.0 Å². The number of sulfonamides is 1. The van der Waals surface area contributed by atoms with Gasteiger partial charge in [-0.25, -0.2) is 13.1 Å². The minimum atomic E-state index is -3.41. The summed E-state index contributed by atoms with van der Waals surface area (Å²) in [5.41, 5.74) is 1.00. The highest BCUT2D eigenvalue weighted by molar-refractivity contribution is 7.89. The highest BCUT2D eigenvalue weighted by Gasteiger charge is 2.27. The second kappa shape index (κ2) is 7.38. The molecule has 0 aliphatic heterocycles. The Kier molecular flexibility index (Phi) is 5.79. The van der Waals surface area contributed by atoms with Crippen molar-refractivity contribution in [1.82, 2.24) is 10.0 Å². The topological polar surface area (TPSA) is 58.2 Å². The van der Waals surface area contributed by atoms with E-state index in [0.717, 1.165) is 31.4 Å². The molecule has 0 bridgehead atoms. The lowest BCUT2D eigenvalue weighted by Gasteiger charge is -2.31. The molecule has 5 heteroatoms. The highest BCUT2D eigenvalue weighted by atomic mass is 32.2.